The molecule has 1 aromatic rings. The minimum atomic E-state index is -3.40. The van der Waals surface area contributed by atoms with Crippen LogP contribution in [0.4, 0.5) is 5.69 Å². The van der Waals surface area contributed by atoms with E-state index in [1.54, 1.807) is 4.31 Å². The molecule has 5 heteroatoms. The summed E-state index contributed by atoms with van der Waals surface area (Å²) in [5.41, 5.74) is 2.53. The smallest absolute Gasteiger partial charge is 0.243 e. The predicted molar refractivity (Wildman–Crippen MR) is 84.8 cm³/mol. The van der Waals surface area contributed by atoms with Crippen molar-refractivity contribution in [3.63, 3.8) is 0 Å². The quantitative estimate of drug-likeness (QED) is 0.841. The van der Waals surface area contributed by atoms with Gasteiger partial charge in [0, 0.05) is 25.8 Å². The maximum absolute atomic E-state index is 12.8. The molecule has 0 aliphatic carbocycles. The van der Waals surface area contributed by atoms with E-state index in [2.05, 4.69) is 12.2 Å². The molecule has 1 aromatic carbocycles. The zero-order valence-electron chi connectivity index (χ0n) is 13.2. The maximum atomic E-state index is 12.8. The second-order valence-corrected chi connectivity index (χ2v) is 6.91. The Balaban J connectivity index is 3.27. The highest BCUT2D eigenvalue weighted by molar-refractivity contribution is 7.89. The van der Waals surface area contributed by atoms with Gasteiger partial charge in [0.15, 0.2) is 0 Å². The fraction of sp³-hybridized carbons (Fsp3) is 0.600. The Hall–Kier alpha value is -1.07. The van der Waals surface area contributed by atoms with Crippen LogP contribution in [0.5, 0.6) is 0 Å². The SMILES string of the molecule is CCCCN(CC)S(=O)(=O)c1c(C)cc(NC)cc1C. The van der Waals surface area contributed by atoms with E-state index < -0.39 is 10.0 Å². The molecule has 0 heterocycles. The Labute approximate surface area is 123 Å². The number of nitrogens with one attached hydrogen (secondary N) is 1. The molecule has 4 nitrogen and oxygen atoms in total. The van der Waals surface area contributed by atoms with E-state index in [1.807, 2.05) is 40.0 Å². The molecule has 0 aromatic heterocycles. The van der Waals surface area contributed by atoms with E-state index in [0.717, 1.165) is 29.7 Å². The molecular weight excluding hydrogens is 272 g/mol. The highest BCUT2D eigenvalue weighted by Gasteiger charge is 2.26. The Bertz CT molecular complexity index is 530. The van der Waals surface area contributed by atoms with Crippen molar-refractivity contribution in [1.82, 2.24) is 4.31 Å². The summed E-state index contributed by atoms with van der Waals surface area (Å²) in [5.74, 6) is 0. The van der Waals surface area contributed by atoms with Gasteiger partial charge in [-0.25, -0.2) is 8.42 Å². The molecule has 0 radical (unpaired) electrons. The zero-order valence-corrected chi connectivity index (χ0v) is 14.0. The molecule has 0 saturated carbocycles. The Kier molecular flexibility index (Phi) is 6.02. The van der Waals surface area contributed by atoms with Gasteiger partial charge in [0.2, 0.25) is 10.0 Å². The van der Waals surface area contributed by atoms with Gasteiger partial charge in [-0.2, -0.15) is 4.31 Å². The van der Waals surface area contributed by atoms with Crippen molar-refractivity contribution in [1.29, 1.82) is 0 Å². The van der Waals surface area contributed by atoms with Gasteiger partial charge in [-0.05, 0) is 43.5 Å². The standard InChI is InChI=1S/C15H26N2O2S/c1-6-8-9-17(7-2)20(18,19)15-12(3)10-14(16-5)11-13(15)4/h10-11,16H,6-9H2,1-5H3. The van der Waals surface area contributed by atoms with Gasteiger partial charge in [0.1, 0.15) is 0 Å². The number of hydrogen-bond acceptors (Lipinski definition) is 3. The van der Waals surface area contributed by atoms with E-state index in [0.29, 0.717) is 18.0 Å². The average molecular weight is 298 g/mol. The highest BCUT2D eigenvalue weighted by Crippen LogP contribution is 2.27. The number of sulfonamides is 1. The van der Waals surface area contributed by atoms with Crippen molar-refractivity contribution in [2.24, 2.45) is 0 Å². The van der Waals surface area contributed by atoms with Gasteiger partial charge >= 0.3 is 0 Å². The summed E-state index contributed by atoms with van der Waals surface area (Å²) >= 11 is 0. The van der Waals surface area contributed by atoms with Crippen LogP contribution in [0.1, 0.15) is 37.8 Å². The van der Waals surface area contributed by atoms with Crippen LogP contribution in [0.2, 0.25) is 0 Å². The number of benzene rings is 1. The van der Waals surface area contributed by atoms with Gasteiger partial charge in [-0.15, -0.1) is 0 Å². The fourth-order valence-corrected chi connectivity index (χ4v) is 4.31. The second kappa shape index (κ2) is 7.09. The molecule has 0 aliphatic heterocycles. The topological polar surface area (TPSA) is 49.4 Å². The summed E-state index contributed by atoms with van der Waals surface area (Å²) in [6, 6.07) is 3.76. The van der Waals surface area contributed by atoms with Gasteiger partial charge in [0.05, 0.1) is 4.90 Å². The fourth-order valence-electron chi connectivity index (χ4n) is 2.41. The minimum absolute atomic E-state index is 0.453. The molecule has 20 heavy (non-hydrogen) atoms. The molecule has 0 saturated heterocycles. The van der Waals surface area contributed by atoms with Crippen molar-refractivity contribution in [3.8, 4) is 0 Å². The van der Waals surface area contributed by atoms with Crippen LogP contribution < -0.4 is 5.32 Å². The van der Waals surface area contributed by atoms with E-state index in [4.69, 9.17) is 0 Å². The van der Waals surface area contributed by atoms with Crippen LogP contribution in [0.15, 0.2) is 17.0 Å². The van der Waals surface area contributed by atoms with E-state index >= 15 is 0 Å². The molecule has 0 amide bonds. The number of aryl methyl sites for hydroxylation is 2. The predicted octanol–water partition coefficient (Wildman–Crippen LogP) is 3.16. The van der Waals surface area contributed by atoms with Crippen molar-refractivity contribution < 1.29 is 8.42 Å². The van der Waals surface area contributed by atoms with Crippen molar-refractivity contribution >= 4 is 15.7 Å². The summed E-state index contributed by atoms with van der Waals surface area (Å²) in [4.78, 5) is 0.453. The molecule has 0 aliphatic rings. The van der Waals surface area contributed by atoms with Crippen LogP contribution >= 0.6 is 0 Å². The Morgan fingerprint density at radius 2 is 1.70 bits per heavy atom. The molecule has 0 atom stereocenters. The number of hydrogen-bond donors (Lipinski definition) is 1. The van der Waals surface area contributed by atoms with Crippen molar-refractivity contribution in [3.05, 3.63) is 23.3 Å². The van der Waals surface area contributed by atoms with Gasteiger partial charge in [0.25, 0.3) is 0 Å². The number of anilines is 1. The average Bonchev–Trinajstić information content (AvgIpc) is 2.37. The van der Waals surface area contributed by atoms with Crippen LogP contribution in [0, 0.1) is 13.8 Å². The van der Waals surface area contributed by atoms with E-state index in [1.165, 1.54) is 0 Å². The Morgan fingerprint density at radius 3 is 2.10 bits per heavy atom. The molecular formula is C15H26N2O2S. The summed E-state index contributed by atoms with van der Waals surface area (Å²) < 4.78 is 27.2. The lowest BCUT2D eigenvalue weighted by molar-refractivity contribution is 0.418. The molecule has 0 spiro atoms. The first kappa shape index (κ1) is 17.0. The van der Waals surface area contributed by atoms with Gasteiger partial charge < -0.3 is 5.32 Å². The first-order chi connectivity index (χ1) is 9.38. The third kappa shape index (κ3) is 3.52. The normalized spacial score (nSPS) is 11.9. The van der Waals surface area contributed by atoms with Crippen LogP contribution in [-0.2, 0) is 10.0 Å². The second-order valence-electron chi connectivity index (χ2n) is 5.04. The highest BCUT2D eigenvalue weighted by atomic mass is 32.2. The molecule has 0 bridgehead atoms. The molecule has 1 N–H and O–H groups in total. The third-order valence-corrected chi connectivity index (χ3v) is 5.74. The van der Waals surface area contributed by atoms with E-state index in [-0.39, 0.29) is 0 Å². The zero-order chi connectivity index (χ0) is 15.3. The summed E-state index contributed by atoms with van der Waals surface area (Å²) in [6.45, 7) is 8.76. The van der Waals surface area contributed by atoms with Crippen LogP contribution in [0.3, 0.4) is 0 Å². The largest absolute Gasteiger partial charge is 0.388 e. The summed E-state index contributed by atoms with van der Waals surface area (Å²) in [7, 11) is -1.57. The number of unbranched alkanes of at least 4 members (excludes halogenated alkanes) is 1. The molecule has 0 fully saturated rings. The lowest BCUT2D eigenvalue weighted by Gasteiger charge is -2.23. The Morgan fingerprint density at radius 1 is 1.15 bits per heavy atom. The van der Waals surface area contributed by atoms with Crippen molar-refractivity contribution in [2.75, 3.05) is 25.5 Å². The summed E-state index contributed by atoms with van der Waals surface area (Å²) in [5, 5.41) is 3.06. The van der Waals surface area contributed by atoms with E-state index in [9.17, 15) is 8.42 Å². The summed E-state index contributed by atoms with van der Waals surface area (Å²) in [6.07, 6.45) is 1.88. The molecule has 0 unspecified atom stereocenters. The van der Waals surface area contributed by atoms with Crippen LogP contribution in [0.25, 0.3) is 0 Å². The molecule has 1 rings (SSSR count). The maximum Gasteiger partial charge on any atom is 0.243 e. The van der Waals surface area contributed by atoms with Gasteiger partial charge in [-0.3, -0.25) is 0 Å². The number of rotatable bonds is 7. The van der Waals surface area contributed by atoms with Crippen molar-refractivity contribution in [2.45, 2.75) is 45.4 Å². The third-order valence-electron chi connectivity index (χ3n) is 3.46. The first-order valence-corrected chi connectivity index (χ1v) is 8.61. The lowest BCUT2D eigenvalue weighted by atomic mass is 10.1. The first-order valence-electron chi connectivity index (χ1n) is 7.17. The molecule has 114 valence electrons. The monoisotopic (exact) mass is 298 g/mol. The number of nitrogens with zero attached hydrogens (tertiary/aromatic N) is 1. The van der Waals surface area contributed by atoms with Gasteiger partial charge in [-0.1, -0.05) is 20.3 Å². The minimum Gasteiger partial charge on any atom is -0.388 e. The lowest BCUT2D eigenvalue weighted by Crippen LogP contribution is -2.32. The van der Waals surface area contributed by atoms with Crippen LogP contribution in [-0.4, -0.2) is 32.9 Å².